The molecule has 2 N–H and O–H groups in total. The standard InChI is InChI=1S/C13H8Cl2N2S/c14-8-5-10(15)12-11(6-8)18-13(17-12)7-1-3-9(16)4-2-7/h1-6H,16H2. The van der Waals surface area contributed by atoms with E-state index in [1.807, 2.05) is 30.3 Å². The summed E-state index contributed by atoms with van der Waals surface area (Å²) in [5.41, 5.74) is 8.22. The van der Waals surface area contributed by atoms with Crippen LogP contribution in [0.5, 0.6) is 0 Å². The lowest BCUT2D eigenvalue weighted by Gasteiger charge is -1.96. The normalized spacial score (nSPS) is 11.0. The van der Waals surface area contributed by atoms with Crippen LogP contribution in [0, 0.1) is 0 Å². The van der Waals surface area contributed by atoms with Crippen molar-refractivity contribution < 1.29 is 0 Å². The molecule has 0 bridgehead atoms. The Labute approximate surface area is 118 Å². The molecule has 0 spiro atoms. The van der Waals surface area contributed by atoms with Crippen LogP contribution >= 0.6 is 34.5 Å². The number of nitrogens with two attached hydrogens (primary N) is 1. The number of hydrogen-bond donors (Lipinski definition) is 1. The molecular weight excluding hydrogens is 287 g/mol. The summed E-state index contributed by atoms with van der Waals surface area (Å²) >= 11 is 13.7. The minimum atomic E-state index is 0.579. The summed E-state index contributed by atoms with van der Waals surface area (Å²) in [5, 5.41) is 2.12. The summed E-state index contributed by atoms with van der Waals surface area (Å²) in [7, 11) is 0. The Morgan fingerprint density at radius 2 is 1.78 bits per heavy atom. The van der Waals surface area contributed by atoms with Gasteiger partial charge in [-0.3, -0.25) is 0 Å². The van der Waals surface area contributed by atoms with Gasteiger partial charge >= 0.3 is 0 Å². The molecule has 0 amide bonds. The Hall–Kier alpha value is -1.29. The van der Waals surface area contributed by atoms with Crippen LogP contribution in [0.25, 0.3) is 20.8 Å². The zero-order valence-corrected chi connectivity index (χ0v) is 11.5. The van der Waals surface area contributed by atoms with Crippen molar-refractivity contribution in [3.63, 3.8) is 0 Å². The summed E-state index contributed by atoms with van der Waals surface area (Å²) in [6.45, 7) is 0. The fourth-order valence-electron chi connectivity index (χ4n) is 1.71. The van der Waals surface area contributed by atoms with Gasteiger partial charge in [0.25, 0.3) is 0 Å². The summed E-state index contributed by atoms with van der Waals surface area (Å²) in [6, 6.07) is 11.2. The zero-order chi connectivity index (χ0) is 12.7. The summed E-state index contributed by atoms with van der Waals surface area (Å²) in [6.07, 6.45) is 0. The Balaban J connectivity index is 2.19. The lowest BCUT2D eigenvalue weighted by molar-refractivity contribution is 1.48. The molecule has 1 heterocycles. The van der Waals surface area contributed by atoms with Crippen LogP contribution in [-0.4, -0.2) is 4.98 Å². The lowest BCUT2D eigenvalue weighted by atomic mass is 10.2. The Morgan fingerprint density at radius 3 is 2.50 bits per heavy atom. The number of nitrogens with zero attached hydrogens (tertiary/aromatic N) is 1. The van der Waals surface area contributed by atoms with Crippen molar-refractivity contribution >= 4 is 50.4 Å². The molecule has 3 aromatic rings. The lowest BCUT2D eigenvalue weighted by Crippen LogP contribution is -1.83. The smallest absolute Gasteiger partial charge is 0.124 e. The second kappa shape index (κ2) is 4.43. The van der Waals surface area contributed by atoms with Crippen LogP contribution in [-0.2, 0) is 0 Å². The van der Waals surface area contributed by atoms with Crippen LogP contribution in [0.1, 0.15) is 0 Å². The van der Waals surface area contributed by atoms with E-state index in [4.69, 9.17) is 28.9 Å². The number of halogens is 2. The Kier molecular flexibility index (Phi) is 2.90. The molecule has 3 rings (SSSR count). The maximum absolute atomic E-state index is 6.13. The van der Waals surface area contributed by atoms with Crippen molar-refractivity contribution in [2.45, 2.75) is 0 Å². The van der Waals surface area contributed by atoms with Gasteiger partial charge in [0.15, 0.2) is 0 Å². The van der Waals surface area contributed by atoms with Gasteiger partial charge in [-0.15, -0.1) is 11.3 Å². The number of benzene rings is 2. The molecule has 1 aromatic heterocycles. The first-order valence-corrected chi connectivity index (χ1v) is 6.82. The highest BCUT2D eigenvalue weighted by Gasteiger charge is 2.10. The van der Waals surface area contributed by atoms with Gasteiger partial charge in [-0.1, -0.05) is 23.2 Å². The molecule has 0 atom stereocenters. The van der Waals surface area contributed by atoms with Crippen LogP contribution in [0.2, 0.25) is 10.0 Å². The molecule has 0 aliphatic carbocycles. The van der Waals surface area contributed by atoms with Crippen molar-refractivity contribution in [1.82, 2.24) is 4.98 Å². The molecule has 0 saturated heterocycles. The number of thiazole rings is 1. The maximum Gasteiger partial charge on any atom is 0.124 e. The molecule has 0 aliphatic heterocycles. The van der Waals surface area contributed by atoms with E-state index >= 15 is 0 Å². The Bertz CT molecular complexity index is 720. The number of rotatable bonds is 1. The molecule has 5 heteroatoms. The number of hydrogen-bond acceptors (Lipinski definition) is 3. The van der Waals surface area contributed by atoms with E-state index in [0.717, 1.165) is 26.5 Å². The van der Waals surface area contributed by atoms with Gasteiger partial charge in [-0.25, -0.2) is 4.98 Å². The predicted octanol–water partition coefficient (Wildman–Crippen LogP) is 4.85. The molecular formula is C13H8Cl2N2S. The van der Waals surface area contributed by atoms with Crippen LogP contribution in [0.15, 0.2) is 36.4 Å². The minimum Gasteiger partial charge on any atom is -0.399 e. The van der Waals surface area contributed by atoms with Gasteiger partial charge < -0.3 is 5.73 Å². The third kappa shape index (κ3) is 2.05. The van der Waals surface area contributed by atoms with E-state index in [0.29, 0.717) is 10.0 Å². The molecule has 0 saturated carbocycles. The first-order valence-electron chi connectivity index (χ1n) is 5.25. The van der Waals surface area contributed by atoms with Crippen molar-refractivity contribution in [3.05, 3.63) is 46.4 Å². The largest absolute Gasteiger partial charge is 0.399 e. The number of anilines is 1. The number of fused-ring (bicyclic) bond motifs is 1. The molecule has 90 valence electrons. The molecule has 18 heavy (non-hydrogen) atoms. The molecule has 2 nitrogen and oxygen atoms in total. The second-order valence-corrected chi connectivity index (χ2v) is 5.75. The van der Waals surface area contributed by atoms with Crippen molar-refractivity contribution in [1.29, 1.82) is 0 Å². The van der Waals surface area contributed by atoms with E-state index in [1.165, 1.54) is 0 Å². The van der Waals surface area contributed by atoms with Crippen LogP contribution in [0.4, 0.5) is 5.69 Å². The Morgan fingerprint density at radius 1 is 1.06 bits per heavy atom. The van der Waals surface area contributed by atoms with E-state index in [9.17, 15) is 0 Å². The third-order valence-corrected chi connectivity index (χ3v) is 4.13. The van der Waals surface area contributed by atoms with E-state index in [1.54, 1.807) is 17.4 Å². The van der Waals surface area contributed by atoms with Crippen molar-refractivity contribution in [3.8, 4) is 10.6 Å². The number of aromatic nitrogens is 1. The van der Waals surface area contributed by atoms with Crippen molar-refractivity contribution in [2.75, 3.05) is 5.73 Å². The average molecular weight is 295 g/mol. The van der Waals surface area contributed by atoms with Crippen LogP contribution < -0.4 is 5.73 Å². The minimum absolute atomic E-state index is 0.579. The zero-order valence-electron chi connectivity index (χ0n) is 9.15. The second-order valence-electron chi connectivity index (χ2n) is 3.88. The summed E-state index contributed by atoms with van der Waals surface area (Å²) < 4.78 is 0.985. The molecule has 0 fully saturated rings. The number of nitrogen functional groups attached to an aromatic ring is 1. The van der Waals surface area contributed by atoms with Gasteiger partial charge in [-0.05, 0) is 36.4 Å². The van der Waals surface area contributed by atoms with Gasteiger partial charge in [-0.2, -0.15) is 0 Å². The van der Waals surface area contributed by atoms with Gasteiger partial charge in [0.05, 0.1) is 9.72 Å². The maximum atomic E-state index is 6.13. The summed E-state index contributed by atoms with van der Waals surface area (Å²) in [5.74, 6) is 0. The molecule has 0 unspecified atom stereocenters. The fourth-order valence-corrected chi connectivity index (χ4v) is 3.40. The van der Waals surface area contributed by atoms with E-state index in [-0.39, 0.29) is 0 Å². The molecule has 0 radical (unpaired) electrons. The first kappa shape index (κ1) is 11.8. The van der Waals surface area contributed by atoms with Gasteiger partial charge in [0, 0.05) is 16.3 Å². The average Bonchev–Trinajstić information content (AvgIpc) is 2.74. The highest BCUT2D eigenvalue weighted by Crippen LogP contribution is 2.35. The third-order valence-electron chi connectivity index (χ3n) is 2.57. The van der Waals surface area contributed by atoms with E-state index in [2.05, 4.69) is 4.98 Å². The van der Waals surface area contributed by atoms with Crippen molar-refractivity contribution in [2.24, 2.45) is 0 Å². The quantitative estimate of drug-likeness (QED) is 0.652. The van der Waals surface area contributed by atoms with E-state index < -0.39 is 0 Å². The summed E-state index contributed by atoms with van der Waals surface area (Å²) in [4.78, 5) is 4.54. The topological polar surface area (TPSA) is 38.9 Å². The highest BCUT2D eigenvalue weighted by atomic mass is 35.5. The first-order chi connectivity index (χ1) is 8.63. The van der Waals surface area contributed by atoms with Gasteiger partial charge in [0.1, 0.15) is 10.5 Å². The highest BCUT2D eigenvalue weighted by molar-refractivity contribution is 7.21. The molecule has 0 aliphatic rings. The van der Waals surface area contributed by atoms with Gasteiger partial charge in [0.2, 0.25) is 0 Å². The SMILES string of the molecule is Nc1ccc(-c2nc3c(Cl)cc(Cl)cc3s2)cc1. The predicted molar refractivity (Wildman–Crippen MR) is 79.5 cm³/mol. The fraction of sp³-hybridized carbons (Fsp3) is 0. The molecule has 2 aromatic carbocycles. The monoisotopic (exact) mass is 294 g/mol. The van der Waals surface area contributed by atoms with Crippen LogP contribution in [0.3, 0.4) is 0 Å².